The molecule has 3 N–H and O–H groups in total. The molecule has 0 spiro atoms. The second-order valence-electron chi connectivity index (χ2n) is 6.06. The normalized spacial score (nSPS) is 16.7. The van der Waals surface area contributed by atoms with Gasteiger partial charge in [0.1, 0.15) is 0 Å². The minimum absolute atomic E-state index is 0.157. The van der Waals surface area contributed by atoms with Crippen LogP contribution in [0.4, 0.5) is 5.69 Å². The van der Waals surface area contributed by atoms with E-state index in [1.54, 1.807) is 0 Å². The molecule has 4 heteroatoms. The Bertz CT molecular complexity index is 441. The molecule has 21 heavy (non-hydrogen) atoms. The molecule has 0 bridgehead atoms. The van der Waals surface area contributed by atoms with Crippen molar-refractivity contribution in [3.05, 3.63) is 30.3 Å². The number of hydrogen-bond donors (Lipinski definition) is 2. The third kappa shape index (κ3) is 3.97. The molecular formula is C17H27N3O. The number of nitrogens with two attached hydrogens (primary N) is 1. The van der Waals surface area contributed by atoms with Gasteiger partial charge in [-0.3, -0.25) is 4.79 Å². The van der Waals surface area contributed by atoms with E-state index in [4.69, 9.17) is 5.73 Å². The molecule has 1 amide bonds. The lowest BCUT2D eigenvalue weighted by Crippen LogP contribution is -2.44. The van der Waals surface area contributed by atoms with Gasteiger partial charge in [0.15, 0.2) is 0 Å². The van der Waals surface area contributed by atoms with E-state index in [1.807, 2.05) is 18.2 Å². The first-order valence-corrected chi connectivity index (χ1v) is 7.92. The van der Waals surface area contributed by atoms with Crippen LogP contribution in [0, 0.1) is 5.41 Å². The van der Waals surface area contributed by atoms with Crippen molar-refractivity contribution < 1.29 is 4.79 Å². The number of para-hydroxylation sites is 1. The van der Waals surface area contributed by atoms with Crippen LogP contribution in [0.1, 0.15) is 32.1 Å². The zero-order valence-electron chi connectivity index (χ0n) is 13.0. The Hall–Kier alpha value is -1.55. The highest BCUT2D eigenvalue weighted by molar-refractivity contribution is 5.83. The van der Waals surface area contributed by atoms with Crippen LogP contribution in [0.5, 0.6) is 0 Å². The predicted octanol–water partition coefficient (Wildman–Crippen LogP) is 2.15. The maximum absolute atomic E-state index is 12.3. The van der Waals surface area contributed by atoms with Crippen molar-refractivity contribution in [1.29, 1.82) is 0 Å². The second-order valence-corrected chi connectivity index (χ2v) is 6.06. The monoisotopic (exact) mass is 289 g/mol. The predicted molar refractivity (Wildman–Crippen MR) is 87.3 cm³/mol. The van der Waals surface area contributed by atoms with Gasteiger partial charge in [-0.25, -0.2) is 0 Å². The first kappa shape index (κ1) is 15.8. The Morgan fingerprint density at radius 1 is 1.29 bits per heavy atom. The lowest BCUT2D eigenvalue weighted by atomic mass is 9.85. The molecule has 0 heterocycles. The smallest absolute Gasteiger partial charge is 0.227 e. The number of carbonyl (C=O) groups excluding carboxylic acids is 1. The summed E-state index contributed by atoms with van der Waals surface area (Å²) in [6, 6.07) is 10.3. The van der Waals surface area contributed by atoms with Crippen molar-refractivity contribution in [2.75, 3.05) is 31.6 Å². The lowest BCUT2D eigenvalue weighted by Gasteiger charge is -2.26. The third-order valence-electron chi connectivity index (χ3n) is 4.59. The minimum Gasteiger partial charge on any atom is -0.375 e. The third-order valence-corrected chi connectivity index (χ3v) is 4.59. The van der Waals surface area contributed by atoms with Gasteiger partial charge in [-0.2, -0.15) is 0 Å². The summed E-state index contributed by atoms with van der Waals surface area (Å²) in [6.07, 6.45) is 5.08. The Morgan fingerprint density at radius 3 is 2.57 bits per heavy atom. The number of anilines is 1. The maximum atomic E-state index is 12.3. The van der Waals surface area contributed by atoms with Gasteiger partial charge in [-0.1, -0.05) is 31.0 Å². The Balaban J connectivity index is 1.71. The van der Waals surface area contributed by atoms with Crippen LogP contribution in [0.2, 0.25) is 0 Å². The summed E-state index contributed by atoms with van der Waals surface area (Å²) in [5.41, 5.74) is 6.75. The molecule has 1 fully saturated rings. The molecule has 1 aromatic rings. The Kier molecular flexibility index (Phi) is 5.62. The molecule has 1 aliphatic rings. The fourth-order valence-electron chi connectivity index (χ4n) is 3.09. The van der Waals surface area contributed by atoms with Crippen LogP contribution in [0.15, 0.2) is 30.3 Å². The number of rotatable bonds is 7. The van der Waals surface area contributed by atoms with E-state index in [9.17, 15) is 4.79 Å². The molecule has 0 saturated heterocycles. The number of amides is 1. The van der Waals surface area contributed by atoms with Crippen LogP contribution in [0.3, 0.4) is 0 Å². The minimum atomic E-state index is -0.286. The highest BCUT2D eigenvalue weighted by atomic mass is 16.2. The van der Waals surface area contributed by atoms with Crippen LogP contribution in [-0.2, 0) is 4.79 Å². The van der Waals surface area contributed by atoms with Crippen molar-refractivity contribution >= 4 is 11.6 Å². The van der Waals surface area contributed by atoms with Gasteiger partial charge in [-0.15, -0.1) is 0 Å². The number of nitrogens with one attached hydrogen (secondary N) is 1. The van der Waals surface area contributed by atoms with Gasteiger partial charge in [0.05, 0.1) is 5.41 Å². The SMILES string of the molecule is CN(CCCNC(=O)C1(CN)CCCC1)c1ccccc1. The van der Waals surface area contributed by atoms with Crippen LogP contribution in [-0.4, -0.2) is 32.6 Å². The number of nitrogens with zero attached hydrogens (tertiary/aromatic N) is 1. The number of hydrogen-bond acceptors (Lipinski definition) is 3. The number of benzene rings is 1. The molecule has 116 valence electrons. The summed E-state index contributed by atoms with van der Waals surface area (Å²) in [4.78, 5) is 14.5. The zero-order chi connectivity index (χ0) is 15.1. The van der Waals surface area contributed by atoms with Crippen molar-refractivity contribution in [2.24, 2.45) is 11.1 Å². The maximum Gasteiger partial charge on any atom is 0.227 e. The molecule has 0 aliphatic heterocycles. The van der Waals surface area contributed by atoms with E-state index in [0.29, 0.717) is 6.54 Å². The fraction of sp³-hybridized carbons (Fsp3) is 0.588. The molecule has 0 aromatic heterocycles. The van der Waals surface area contributed by atoms with Gasteiger partial charge in [0.25, 0.3) is 0 Å². The van der Waals surface area contributed by atoms with E-state index in [2.05, 4.69) is 29.4 Å². The molecule has 0 radical (unpaired) electrons. The second kappa shape index (κ2) is 7.46. The van der Waals surface area contributed by atoms with Crippen molar-refractivity contribution in [2.45, 2.75) is 32.1 Å². The van der Waals surface area contributed by atoms with Crippen LogP contribution in [0.25, 0.3) is 0 Å². The van der Waals surface area contributed by atoms with E-state index in [1.165, 1.54) is 5.69 Å². The van der Waals surface area contributed by atoms with Gasteiger partial charge in [-0.05, 0) is 31.4 Å². The molecule has 1 saturated carbocycles. The molecular weight excluding hydrogens is 262 g/mol. The largest absolute Gasteiger partial charge is 0.375 e. The fourth-order valence-corrected chi connectivity index (χ4v) is 3.09. The van der Waals surface area contributed by atoms with Crippen molar-refractivity contribution in [1.82, 2.24) is 5.32 Å². The highest BCUT2D eigenvalue weighted by Gasteiger charge is 2.39. The van der Waals surface area contributed by atoms with Crippen LogP contribution < -0.4 is 16.0 Å². The topological polar surface area (TPSA) is 58.4 Å². The lowest BCUT2D eigenvalue weighted by molar-refractivity contribution is -0.130. The van der Waals surface area contributed by atoms with E-state index in [0.717, 1.165) is 45.2 Å². The molecule has 0 atom stereocenters. The quantitative estimate of drug-likeness (QED) is 0.756. The van der Waals surface area contributed by atoms with Gasteiger partial charge >= 0.3 is 0 Å². The summed E-state index contributed by atoms with van der Waals surface area (Å²) in [6.45, 7) is 2.13. The number of carbonyl (C=O) groups is 1. The summed E-state index contributed by atoms with van der Waals surface area (Å²) >= 11 is 0. The van der Waals surface area contributed by atoms with Crippen molar-refractivity contribution in [3.63, 3.8) is 0 Å². The van der Waals surface area contributed by atoms with E-state index < -0.39 is 0 Å². The first-order valence-electron chi connectivity index (χ1n) is 7.92. The van der Waals surface area contributed by atoms with E-state index >= 15 is 0 Å². The first-order chi connectivity index (χ1) is 10.2. The standard InChI is InChI=1S/C17H27N3O/c1-20(15-8-3-2-4-9-15)13-7-12-19-16(21)17(14-18)10-5-6-11-17/h2-4,8-9H,5-7,10-14,18H2,1H3,(H,19,21). The highest BCUT2D eigenvalue weighted by Crippen LogP contribution is 2.37. The average Bonchev–Trinajstić information content (AvgIpc) is 3.02. The van der Waals surface area contributed by atoms with E-state index in [-0.39, 0.29) is 11.3 Å². The Morgan fingerprint density at radius 2 is 1.95 bits per heavy atom. The average molecular weight is 289 g/mol. The molecule has 4 nitrogen and oxygen atoms in total. The van der Waals surface area contributed by atoms with Gasteiger partial charge < -0.3 is 16.0 Å². The van der Waals surface area contributed by atoms with Gasteiger partial charge in [0.2, 0.25) is 5.91 Å². The summed E-state index contributed by atoms with van der Waals surface area (Å²) < 4.78 is 0. The Labute approximate surface area is 127 Å². The molecule has 0 unspecified atom stereocenters. The van der Waals surface area contributed by atoms with Crippen molar-refractivity contribution in [3.8, 4) is 0 Å². The summed E-state index contributed by atoms with van der Waals surface area (Å²) in [5, 5.41) is 3.08. The summed E-state index contributed by atoms with van der Waals surface area (Å²) in [7, 11) is 2.08. The summed E-state index contributed by atoms with van der Waals surface area (Å²) in [5.74, 6) is 0.157. The van der Waals surface area contributed by atoms with Gasteiger partial charge in [0, 0.05) is 32.4 Å². The molecule has 1 aliphatic carbocycles. The molecule has 2 rings (SSSR count). The zero-order valence-corrected chi connectivity index (χ0v) is 13.0. The van der Waals surface area contributed by atoms with Crippen LogP contribution >= 0.6 is 0 Å². The molecule has 1 aromatic carbocycles.